The van der Waals surface area contributed by atoms with Gasteiger partial charge in [-0.1, -0.05) is 17.7 Å². The van der Waals surface area contributed by atoms with Crippen LogP contribution < -0.4 is 0 Å². The molecule has 1 heterocycles. The van der Waals surface area contributed by atoms with E-state index in [1.807, 2.05) is 0 Å². The molecule has 0 aromatic heterocycles. The summed E-state index contributed by atoms with van der Waals surface area (Å²) in [7, 11) is 1.72. The molecule has 0 bridgehead atoms. The van der Waals surface area contributed by atoms with Crippen molar-refractivity contribution in [1.29, 1.82) is 0 Å². The average Bonchev–Trinajstić information content (AvgIpc) is 2.18. The molecule has 1 aliphatic rings. The summed E-state index contributed by atoms with van der Waals surface area (Å²) in [4.78, 5) is 2.54. The Morgan fingerprint density at radius 3 is 2.31 bits per heavy atom. The molecule has 0 spiro atoms. The molecule has 0 aromatic rings. The smallest absolute Gasteiger partial charge is 0.0234 e. The molecular weight excluding hydrogens is 198 g/mol. The molecule has 1 rings (SSSR count). The minimum Gasteiger partial charge on any atom is -0.304 e. The van der Waals surface area contributed by atoms with E-state index in [4.69, 9.17) is 0 Å². The Kier molecular flexibility index (Phi) is 4.46. The van der Waals surface area contributed by atoms with Crippen molar-refractivity contribution in [1.82, 2.24) is 4.90 Å². The highest BCUT2D eigenvalue weighted by Crippen LogP contribution is 2.40. The first-order valence-corrected chi connectivity index (χ1v) is 7.02. The van der Waals surface area contributed by atoms with Crippen LogP contribution in [0, 0.1) is 5.92 Å². The maximum Gasteiger partial charge on any atom is 0.0234 e. The number of rotatable bonds is 3. The topological polar surface area (TPSA) is 3.24 Å². The molecule has 1 fully saturated rings. The molecule has 0 amide bonds. The summed E-state index contributed by atoms with van der Waals surface area (Å²) >= 11 is 4.36. The van der Waals surface area contributed by atoms with Crippen molar-refractivity contribution in [3.05, 3.63) is 0 Å². The lowest BCUT2D eigenvalue weighted by atomic mass is 9.86. The summed E-state index contributed by atoms with van der Waals surface area (Å²) in [6, 6.07) is 0. The molecule has 0 aromatic carbocycles. The number of likely N-dealkylation sites (tertiary alicyclic amines) is 1. The van der Waals surface area contributed by atoms with Gasteiger partial charge in [-0.15, -0.1) is 11.7 Å². The van der Waals surface area contributed by atoms with Crippen molar-refractivity contribution >= 4 is 22.5 Å². The third-order valence-corrected chi connectivity index (χ3v) is 5.47. The van der Waals surface area contributed by atoms with Gasteiger partial charge in [0.15, 0.2) is 0 Å². The lowest BCUT2D eigenvalue weighted by Gasteiger charge is -2.39. The van der Waals surface area contributed by atoms with Crippen molar-refractivity contribution < 1.29 is 0 Å². The Bertz CT molecular complexity index is 151. The van der Waals surface area contributed by atoms with E-state index in [1.54, 1.807) is 10.8 Å². The van der Waals surface area contributed by atoms with E-state index in [-0.39, 0.29) is 0 Å². The third-order valence-electron chi connectivity index (χ3n) is 3.25. The van der Waals surface area contributed by atoms with Gasteiger partial charge in [-0.2, -0.15) is 0 Å². The van der Waals surface area contributed by atoms with E-state index in [1.165, 1.54) is 32.5 Å². The molecule has 0 atom stereocenters. The monoisotopic (exact) mass is 219 g/mol. The van der Waals surface area contributed by atoms with Crippen LogP contribution >= 0.6 is 22.5 Å². The van der Waals surface area contributed by atoms with Crippen LogP contribution in [0.1, 0.15) is 33.6 Å². The molecule has 0 unspecified atom stereocenters. The van der Waals surface area contributed by atoms with Crippen LogP contribution in [0.2, 0.25) is 0 Å². The van der Waals surface area contributed by atoms with Gasteiger partial charge in [-0.25, -0.2) is 0 Å². The highest BCUT2D eigenvalue weighted by molar-refractivity contribution is 8.69. The van der Waals surface area contributed by atoms with Crippen LogP contribution in [-0.2, 0) is 0 Å². The fourth-order valence-corrected chi connectivity index (χ4v) is 2.85. The van der Waals surface area contributed by atoms with Gasteiger partial charge in [-0.3, -0.25) is 0 Å². The van der Waals surface area contributed by atoms with Gasteiger partial charge in [0, 0.05) is 4.75 Å². The number of hydrogen-bond donors (Lipinski definition) is 1. The number of hydrogen-bond acceptors (Lipinski definition) is 3. The molecule has 0 aliphatic carbocycles. The van der Waals surface area contributed by atoms with Gasteiger partial charge in [-0.05, 0) is 52.2 Å². The summed E-state index contributed by atoms with van der Waals surface area (Å²) in [5.41, 5.74) is 0. The summed E-state index contributed by atoms with van der Waals surface area (Å²) in [5.74, 6) is 0.845. The Morgan fingerprint density at radius 2 is 1.92 bits per heavy atom. The molecule has 1 aliphatic heterocycles. The predicted molar refractivity (Wildman–Crippen MR) is 65.5 cm³/mol. The molecule has 0 radical (unpaired) electrons. The highest BCUT2D eigenvalue weighted by atomic mass is 33.1. The zero-order valence-corrected chi connectivity index (χ0v) is 10.6. The molecule has 1 saturated heterocycles. The van der Waals surface area contributed by atoms with Crippen molar-refractivity contribution in [2.75, 3.05) is 19.6 Å². The van der Waals surface area contributed by atoms with Crippen LogP contribution in [0.5, 0.6) is 0 Å². The first-order chi connectivity index (χ1) is 6.10. The minimum absolute atomic E-state index is 0.350. The van der Waals surface area contributed by atoms with E-state index < -0.39 is 0 Å². The van der Waals surface area contributed by atoms with Crippen LogP contribution in [0.3, 0.4) is 0 Å². The fraction of sp³-hybridized carbons (Fsp3) is 1.00. The SMILES string of the molecule is CCN1CCC(C(C)(C)SS)CC1. The summed E-state index contributed by atoms with van der Waals surface area (Å²) < 4.78 is 0.350. The third kappa shape index (κ3) is 3.07. The first-order valence-electron chi connectivity index (χ1n) is 5.15. The van der Waals surface area contributed by atoms with Gasteiger partial charge in [0.05, 0.1) is 0 Å². The number of nitrogens with zero attached hydrogens (tertiary/aromatic N) is 1. The average molecular weight is 219 g/mol. The maximum atomic E-state index is 4.36. The van der Waals surface area contributed by atoms with Gasteiger partial charge in [0.2, 0.25) is 0 Å². The Morgan fingerprint density at radius 1 is 1.38 bits per heavy atom. The van der Waals surface area contributed by atoms with Crippen molar-refractivity contribution in [3.63, 3.8) is 0 Å². The lowest BCUT2D eigenvalue weighted by Crippen LogP contribution is -2.39. The lowest BCUT2D eigenvalue weighted by molar-refractivity contribution is 0.175. The Balaban J connectivity index is 2.40. The predicted octanol–water partition coefficient (Wildman–Crippen LogP) is 3.07. The molecule has 1 nitrogen and oxygen atoms in total. The maximum absolute atomic E-state index is 4.36. The standard InChI is InChI=1S/C10H21NS2/c1-4-11-7-5-9(6-8-11)10(2,3)13-12/h9,12H,4-8H2,1-3H3. The van der Waals surface area contributed by atoms with Crippen LogP contribution in [0.15, 0.2) is 0 Å². The molecule has 0 saturated carbocycles. The molecule has 3 heteroatoms. The quantitative estimate of drug-likeness (QED) is 0.574. The molecular formula is C10H21NS2. The van der Waals surface area contributed by atoms with Gasteiger partial charge >= 0.3 is 0 Å². The molecule has 0 N–H and O–H groups in total. The Labute approximate surface area is 91.5 Å². The van der Waals surface area contributed by atoms with E-state index in [0.717, 1.165) is 5.92 Å². The number of thiol groups is 1. The van der Waals surface area contributed by atoms with Crippen LogP contribution in [-0.4, -0.2) is 29.3 Å². The zero-order valence-electron chi connectivity index (χ0n) is 8.92. The van der Waals surface area contributed by atoms with E-state index in [2.05, 4.69) is 37.3 Å². The molecule has 13 heavy (non-hydrogen) atoms. The summed E-state index contributed by atoms with van der Waals surface area (Å²) in [6.07, 6.45) is 2.68. The summed E-state index contributed by atoms with van der Waals surface area (Å²) in [5, 5.41) is 0. The van der Waals surface area contributed by atoms with E-state index >= 15 is 0 Å². The van der Waals surface area contributed by atoms with Crippen LogP contribution in [0.4, 0.5) is 0 Å². The Hall–Kier alpha value is 0.660. The largest absolute Gasteiger partial charge is 0.304 e. The normalized spacial score (nSPS) is 22.2. The number of piperidine rings is 1. The van der Waals surface area contributed by atoms with Crippen molar-refractivity contribution in [3.8, 4) is 0 Å². The summed E-state index contributed by atoms with van der Waals surface area (Å²) in [6.45, 7) is 10.6. The van der Waals surface area contributed by atoms with E-state index in [0.29, 0.717) is 4.75 Å². The fourth-order valence-electron chi connectivity index (χ4n) is 2.02. The second-order valence-corrected chi connectivity index (χ2v) is 6.19. The highest BCUT2D eigenvalue weighted by Gasteiger charge is 2.31. The zero-order chi connectivity index (χ0) is 9.90. The van der Waals surface area contributed by atoms with E-state index in [9.17, 15) is 0 Å². The molecule has 78 valence electrons. The minimum atomic E-state index is 0.350. The first kappa shape index (κ1) is 11.7. The van der Waals surface area contributed by atoms with Crippen molar-refractivity contribution in [2.24, 2.45) is 5.92 Å². The van der Waals surface area contributed by atoms with Crippen molar-refractivity contribution in [2.45, 2.75) is 38.4 Å². The van der Waals surface area contributed by atoms with Gasteiger partial charge < -0.3 is 4.90 Å². The van der Waals surface area contributed by atoms with Gasteiger partial charge in [0.1, 0.15) is 0 Å². The van der Waals surface area contributed by atoms with Crippen LogP contribution in [0.25, 0.3) is 0 Å². The second kappa shape index (κ2) is 4.94. The second-order valence-electron chi connectivity index (χ2n) is 4.40. The van der Waals surface area contributed by atoms with Gasteiger partial charge in [0.25, 0.3) is 0 Å².